The zero-order valence-corrected chi connectivity index (χ0v) is 11.1. The topological polar surface area (TPSA) is 66.5 Å². The molecule has 0 amide bonds. The maximum absolute atomic E-state index is 4.31. The SMILES string of the molecule is CNC(C)CC(C)Sc1ncnc2nc[nH]c12. The lowest BCUT2D eigenvalue weighted by Crippen LogP contribution is -2.24. The van der Waals surface area contributed by atoms with Crippen LogP contribution in [0.25, 0.3) is 11.2 Å². The smallest absolute Gasteiger partial charge is 0.181 e. The lowest BCUT2D eigenvalue weighted by atomic mass is 10.2. The molecule has 0 saturated heterocycles. The fourth-order valence-corrected chi connectivity index (χ4v) is 2.83. The highest BCUT2D eigenvalue weighted by atomic mass is 32.2. The summed E-state index contributed by atoms with van der Waals surface area (Å²) in [6, 6.07) is 0.511. The minimum Gasteiger partial charge on any atom is -0.341 e. The van der Waals surface area contributed by atoms with E-state index < -0.39 is 0 Å². The molecule has 2 atom stereocenters. The summed E-state index contributed by atoms with van der Waals surface area (Å²) < 4.78 is 0. The van der Waals surface area contributed by atoms with Gasteiger partial charge in [0.25, 0.3) is 0 Å². The van der Waals surface area contributed by atoms with Gasteiger partial charge >= 0.3 is 0 Å². The second-order valence-electron chi connectivity index (χ2n) is 4.13. The lowest BCUT2D eigenvalue weighted by Gasteiger charge is -2.15. The highest BCUT2D eigenvalue weighted by Gasteiger charge is 2.13. The lowest BCUT2D eigenvalue weighted by molar-refractivity contribution is 0.564. The number of hydrogen-bond donors (Lipinski definition) is 2. The molecule has 0 radical (unpaired) electrons. The quantitative estimate of drug-likeness (QED) is 0.627. The number of aromatic amines is 1. The van der Waals surface area contributed by atoms with E-state index in [0.717, 1.165) is 22.6 Å². The van der Waals surface area contributed by atoms with Gasteiger partial charge in [0.1, 0.15) is 16.9 Å². The molecule has 2 rings (SSSR count). The Bertz CT molecular complexity index is 483. The van der Waals surface area contributed by atoms with E-state index in [1.807, 2.05) is 7.05 Å². The van der Waals surface area contributed by atoms with Gasteiger partial charge in [-0.05, 0) is 20.4 Å². The third-order valence-corrected chi connectivity index (χ3v) is 3.81. The van der Waals surface area contributed by atoms with E-state index in [0.29, 0.717) is 11.3 Å². The number of imidazole rings is 1. The molecule has 2 aromatic rings. The number of hydrogen-bond acceptors (Lipinski definition) is 5. The Morgan fingerprint density at radius 1 is 1.35 bits per heavy atom. The van der Waals surface area contributed by atoms with Gasteiger partial charge in [0.15, 0.2) is 5.65 Å². The molecule has 0 aliphatic carbocycles. The van der Waals surface area contributed by atoms with Crippen LogP contribution in [-0.4, -0.2) is 38.3 Å². The monoisotopic (exact) mass is 251 g/mol. The van der Waals surface area contributed by atoms with Crippen LogP contribution in [-0.2, 0) is 0 Å². The van der Waals surface area contributed by atoms with Gasteiger partial charge < -0.3 is 10.3 Å². The minimum atomic E-state index is 0.499. The molecule has 0 aromatic carbocycles. The van der Waals surface area contributed by atoms with E-state index in [9.17, 15) is 0 Å². The summed E-state index contributed by atoms with van der Waals surface area (Å²) in [7, 11) is 1.99. The largest absolute Gasteiger partial charge is 0.341 e. The Hall–Kier alpha value is -1.14. The summed E-state index contributed by atoms with van der Waals surface area (Å²) in [5.41, 5.74) is 1.66. The second-order valence-corrected chi connectivity index (χ2v) is 5.56. The van der Waals surface area contributed by atoms with Crippen LogP contribution >= 0.6 is 11.8 Å². The summed E-state index contributed by atoms with van der Waals surface area (Å²) in [6.45, 7) is 4.39. The van der Waals surface area contributed by atoms with Gasteiger partial charge in [0, 0.05) is 11.3 Å². The van der Waals surface area contributed by atoms with Gasteiger partial charge in [-0.15, -0.1) is 11.8 Å². The van der Waals surface area contributed by atoms with E-state index in [1.165, 1.54) is 0 Å². The van der Waals surface area contributed by atoms with Gasteiger partial charge in [-0.3, -0.25) is 0 Å². The summed E-state index contributed by atoms with van der Waals surface area (Å²) in [6.07, 6.45) is 4.32. The van der Waals surface area contributed by atoms with Crippen LogP contribution in [0.1, 0.15) is 20.3 Å². The predicted octanol–water partition coefficient (Wildman–Crippen LogP) is 1.83. The molecule has 0 fully saturated rings. The molecule has 0 aliphatic rings. The van der Waals surface area contributed by atoms with Crippen LogP contribution in [0, 0.1) is 0 Å². The van der Waals surface area contributed by atoms with Crippen LogP contribution < -0.4 is 5.32 Å². The van der Waals surface area contributed by atoms with Crippen molar-refractivity contribution in [2.24, 2.45) is 0 Å². The zero-order valence-electron chi connectivity index (χ0n) is 10.3. The highest BCUT2D eigenvalue weighted by Crippen LogP contribution is 2.27. The van der Waals surface area contributed by atoms with Crippen molar-refractivity contribution >= 4 is 22.9 Å². The Balaban J connectivity index is 2.10. The number of nitrogens with zero attached hydrogens (tertiary/aromatic N) is 3. The fourth-order valence-electron chi connectivity index (χ4n) is 1.69. The summed E-state index contributed by atoms with van der Waals surface area (Å²) in [4.78, 5) is 15.6. The molecule has 0 aliphatic heterocycles. The van der Waals surface area contributed by atoms with E-state index in [-0.39, 0.29) is 0 Å². The van der Waals surface area contributed by atoms with E-state index >= 15 is 0 Å². The Morgan fingerprint density at radius 2 is 2.18 bits per heavy atom. The number of rotatable bonds is 5. The average molecular weight is 251 g/mol. The first kappa shape index (κ1) is 12.3. The zero-order chi connectivity index (χ0) is 12.3. The molecule has 0 bridgehead atoms. The van der Waals surface area contributed by atoms with Crippen molar-refractivity contribution < 1.29 is 0 Å². The molecule has 5 nitrogen and oxygen atoms in total. The summed E-state index contributed by atoms with van der Waals surface area (Å²) >= 11 is 1.76. The van der Waals surface area contributed by atoms with E-state index in [2.05, 4.69) is 39.1 Å². The molecule has 17 heavy (non-hydrogen) atoms. The maximum atomic E-state index is 4.31. The van der Waals surface area contributed by atoms with Crippen molar-refractivity contribution in [3.05, 3.63) is 12.7 Å². The molecular weight excluding hydrogens is 234 g/mol. The molecule has 6 heteroatoms. The molecule has 2 N–H and O–H groups in total. The number of H-pyrrole nitrogens is 1. The first-order chi connectivity index (χ1) is 8.20. The highest BCUT2D eigenvalue weighted by molar-refractivity contribution is 8.00. The van der Waals surface area contributed by atoms with Crippen molar-refractivity contribution in [2.75, 3.05) is 7.05 Å². The van der Waals surface area contributed by atoms with Crippen molar-refractivity contribution in [1.82, 2.24) is 25.3 Å². The number of nitrogens with one attached hydrogen (secondary N) is 2. The van der Waals surface area contributed by atoms with Crippen molar-refractivity contribution in [3.8, 4) is 0 Å². The summed E-state index contributed by atoms with van der Waals surface area (Å²) in [5.74, 6) is 0. The number of aromatic nitrogens is 4. The molecule has 2 aromatic heterocycles. The first-order valence-electron chi connectivity index (χ1n) is 5.68. The Morgan fingerprint density at radius 3 is 2.94 bits per heavy atom. The van der Waals surface area contributed by atoms with Gasteiger partial charge in [-0.25, -0.2) is 15.0 Å². The molecule has 0 spiro atoms. The minimum absolute atomic E-state index is 0.499. The molecule has 92 valence electrons. The Kier molecular flexibility index (Phi) is 3.96. The van der Waals surface area contributed by atoms with Gasteiger partial charge in [0.2, 0.25) is 0 Å². The third-order valence-electron chi connectivity index (χ3n) is 2.68. The van der Waals surface area contributed by atoms with Crippen LogP contribution in [0.4, 0.5) is 0 Å². The number of fused-ring (bicyclic) bond motifs is 1. The third kappa shape index (κ3) is 2.95. The second kappa shape index (κ2) is 5.46. The summed E-state index contributed by atoms with van der Waals surface area (Å²) in [5, 5.41) is 4.72. The van der Waals surface area contributed by atoms with Crippen molar-refractivity contribution in [2.45, 2.75) is 36.6 Å². The van der Waals surface area contributed by atoms with Gasteiger partial charge in [-0.1, -0.05) is 6.92 Å². The molecule has 0 saturated carbocycles. The van der Waals surface area contributed by atoms with Crippen LogP contribution in [0.3, 0.4) is 0 Å². The van der Waals surface area contributed by atoms with Crippen LogP contribution in [0.5, 0.6) is 0 Å². The maximum Gasteiger partial charge on any atom is 0.181 e. The van der Waals surface area contributed by atoms with Gasteiger partial charge in [-0.2, -0.15) is 0 Å². The van der Waals surface area contributed by atoms with Crippen LogP contribution in [0.2, 0.25) is 0 Å². The average Bonchev–Trinajstić information content (AvgIpc) is 2.78. The van der Waals surface area contributed by atoms with Crippen LogP contribution in [0.15, 0.2) is 17.7 Å². The van der Waals surface area contributed by atoms with E-state index in [1.54, 1.807) is 24.4 Å². The van der Waals surface area contributed by atoms with E-state index in [4.69, 9.17) is 0 Å². The normalized spacial score (nSPS) is 15.0. The van der Waals surface area contributed by atoms with Crippen molar-refractivity contribution in [1.29, 1.82) is 0 Å². The first-order valence-corrected chi connectivity index (χ1v) is 6.56. The number of thioether (sulfide) groups is 1. The Labute approximate surface area is 105 Å². The van der Waals surface area contributed by atoms with Gasteiger partial charge in [0.05, 0.1) is 6.33 Å². The molecular formula is C11H17N5S. The predicted molar refractivity (Wildman–Crippen MR) is 70.1 cm³/mol. The van der Waals surface area contributed by atoms with Crippen molar-refractivity contribution in [3.63, 3.8) is 0 Å². The molecule has 2 heterocycles. The molecule has 2 unspecified atom stereocenters. The standard InChI is InChI=1S/C11H17N5S/c1-7(12-3)4-8(2)17-11-9-10(14-5-13-9)15-6-16-11/h5-8,12H,4H2,1-3H3,(H,13,14,15,16). The fraction of sp³-hybridized carbons (Fsp3) is 0.545.